The molecule has 1 aliphatic rings. The standard InChI is InChI=1S/C12H14FNO4S/c1-7-5-10(13)9(6-11(7)19(14,16)17)12(15)18-8-3-2-4-8/h5-6,8H,2-4H2,1H3,(H2,14,16,17). The third-order valence-electron chi connectivity index (χ3n) is 3.12. The molecule has 0 bridgehead atoms. The van der Waals surface area contributed by atoms with E-state index in [4.69, 9.17) is 9.88 Å². The largest absolute Gasteiger partial charge is 0.459 e. The van der Waals surface area contributed by atoms with Crippen LogP contribution in [-0.4, -0.2) is 20.5 Å². The highest BCUT2D eigenvalue weighted by Crippen LogP contribution is 2.25. The summed E-state index contributed by atoms with van der Waals surface area (Å²) in [5.41, 5.74) is -0.248. The summed E-state index contributed by atoms with van der Waals surface area (Å²) in [7, 11) is -4.00. The molecule has 1 saturated carbocycles. The van der Waals surface area contributed by atoms with Gasteiger partial charge in [0.2, 0.25) is 10.0 Å². The van der Waals surface area contributed by atoms with Crippen molar-refractivity contribution in [1.29, 1.82) is 0 Å². The molecule has 0 amide bonds. The molecule has 1 aromatic carbocycles. The SMILES string of the molecule is Cc1cc(F)c(C(=O)OC2CCC2)cc1S(N)(=O)=O. The van der Waals surface area contributed by atoms with E-state index in [9.17, 15) is 17.6 Å². The lowest BCUT2D eigenvalue weighted by molar-refractivity contribution is 0.00851. The molecule has 0 heterocycles. The average Bonchev–Trinajstić information content (AvgIpc) is 2.21. The molecule has 1 aromatic rings. The Hall–Kier alpha value is -1.47. The van der Waals surface area contributed by atoms with Crippen LogP contribution in [0.5, 0.6) is 0 Å². The van der Waals surface area contributed by atoms with Gasteiger partial charge in [0.25, 0.3) is 0 Å². The number of carbonyl (C=O) groups excluding carboxylic acids is 1. The highest BCUT2D eigenvalue weighted by atomic mass is 32.2. The van der Waals surface area contributed by atoms with E-state index in [0.717, 1.165) is 31.4 Å². The first-order valence-electron chi connectivity index (χ1n) is 5.83. The van der Waals surface area contributed by atoms with Gasteiger partial charge in [-0.2, -0.15) is 0 Å². The number of hydrogen-bond donors (Lipinski definition) is 1. The minimum absolute atomic E-state index is 0.153. The number of nitrogens with two attached hydrogens (primary N) is 1. The molecule has 0 atom stereocenters. The summed E-state index contributed by atoms with van der Waals surface area (Å²) in [6.07, 6.45) is 2.27. The Morgan fingerprint density at radius 1 is 1.42 bits per heavy atom. The van der Waals surface area contributed by atoms with Crippen LogP contribution >= 0.6 is 0 Å². The highest BCUT2D eigenvalue weighted by Gasteiger charge is 2.26. The van der Waals surface area contributed by atoms with Crippen LogP contribution < -0.4 is 5.14 Å². The van der Waals surface area contributed by atoms with Crippen LogP contribution in [0.1, 0.15) is 35.2 Å². The van der Waals surface area contributed by atoms with E-state index in [2.05, 4.69) is 0 Å². The van der Waals surface area contributed by atoms with Crippen molar-refractivity contribution in [2.75, 3.05) is 0 Å². The van der Waals surface area contributed by atoms with Gasteiger partial charge in [0, 0.05) is 0 Å². The van der Waals surface area contributed by atoms with Crippen molar-refractivity contribution < 1.29 is 22.3 Å². The number of carbonyl (C=O) groups is 1. The van der Waals surface area contributed by atoms with Crippen molar-refractivity contribution in [2.24, 2.45) is 5.14 Å². The molecule has 0 aliphatic heterocycles. The number of rotatable bonds is 3. The lowest BCUT2D eigenvalue weighted by Crippen LogP contribution is -2.26. The minimum Gasteiger partial charge on any atom is -0.459 e. The Morgan fingerprint density at radius 3 is 2.53 bits per heavy atom. The fourth-order valence-corrected chi connectivity index (χ4v) is 2.61. The predicted octanol–water partition coefficient (Wildman–Crippen LogP) is 1.49. The molecule has 1 fully saturated rings. The molecule has 2 N–H and O–H groups in total. The number of ether oxygens (including phenoxy) is 1. The van der Waals surface area contributed by atoms with Crippen LogP contribution in [0.2, 0.25) is 0 Å². The van der Waals surface area contributed by atoms with Crippen molar-refractivity contribution in [3.63, 3.8) is 0 Å². The normalized spacial score (nSPS) is 15.9. The number of hydrogen-bond acceptors (Lipinski definition) is 4. The summed E-state index contributed by atoms with van der Waals surface area (Å²) >= 11 is 0. The lowest BCUT2D eigenvalue weighted by atomic mass is 9.96. The van der Waals surface area contributed by atoms with Crippen LogP contribution in [0.4, 0.5) is 4.39 Å². The summed E-state index contributed by atoms with van der Waals surface area (Å²) in [4.78, 5) is 11.5. The Balaban J connectivity index is 2.36. The molecule has 0 radical (unpaired) electrons. The maximum atomic E-state index is 13.7. The third-order valence-corrected chi connectivity index (χ3v) is 4.17. The summed E-state index contributed by atoms with van der Waals surface area (Å²) < 4.78 is 41.4. The predicted molar refractivity (Wildman–Crippen MR) is 65.6 cm³/mol. The fourth-order valence-electron chi connectivity index (χ4n) is 1.82. The van der Waals surface area contributed by atoms with Crippen molar-refractivity contribution in [3.05, 3.63) is 29.1 Å². The zero-order chi connectivity index (χ0) is 14.2. The van der Waals surface area contributed by atoms with Gasteiger partial charge >= 0.3 is 5.97 Å². The molecule has 0 unspecified atom stereocenters. The number of sulfonamides is 1. The van der Waals surface area contributed by atoms with Crippen molar-refractivity contribution in [2.45, 2.75) is 37.2 Å². The van der Waals surface area contributed by atoms with Crippen LogP contribution in [-0.2, 0) is 14.8 Å². The average molecular weight is 287 g/mol. The van der Waals surface area contributed by atoms with Gasteiger partial charge in [-0.15, -0.1) is 0 Å². The van der Waals surface area contributed by atoms with Gasteiger partial charge < -0.3 is 4.74 Å². The Labute approximate surface area is 110 Å². The summed E-state index contributed by atoms with van der Waals surface area (Å²) in [6.45, 7) is 1.41. The molecule has 104 valence electrons. The number of halogens is 1. The highest BCUT2D eigenvalue weighted by molar-refractivity contribution is 7.89. The van der Waals surface area contributed by atoms with E-state index in [1.165, 1.54) is 6.92 Å². The molecular weight excluding hydrogens is 273 g/mol. The van der Waals surface area contributed by atoms with Crippen LogP contribution in [0.3, 0.4) is 0 Å². The quantitative estimate of drug-likeness (QED) is 0.853. The van der Waals surface area contributed by atoms with E-state index in [-0.39, 0.29) is 16.6 Å². The van der Waals surface area contributed by atoms with Gasteiger partial charge in [-0.1, -0.05) is 0 Å². The second kappa shape index (κ2) is 4.90. The zero-order valence-corrected chi connectivity index (χ0v) is 11.2. The van der Waals surface area contributed by atoms with Crippen molar-refractivity contribution >= 4 is 16.0 Å². The van der Waals surface area contributed by atoms with Crippen LogP contribution in [0, 0.1) is 12.7 Å². The van der Waals surface area contributed by atoms with E-state index >= 15 is 0 Å². The molecule has 19 heavy (non-hydrogen) atoms. The Bertz CT molecular complexity index is 623. The first kappa shape index (κ1) is 14.0. The van der Waals surface area contributed by atoms with E-state index in [1.807, 2.05) is 0 Å². The van der Waals surface area contributed by atoms with Crippen molar-refractivity contribution in [1.82, 2.24) is 0 Å². The number of aryl methyl sites for hydroxylation is 1. The molecule has 5 nitrogen and oxygen atoms in total. The molecule has 0 saturated heterocycles. The first-order valence-corrected chi connectivity index (χ1v) is 7.37. The van der Waals surface area contributed by atoms with Gasteiger partial charge in [0.15, 0.2) is 0 Å². The van der Waals surface area contributed by atoms with Gasteiger partial charge in [-0.05, 0) is 43.9 Å². The monoisotopic (exact) mass is 287 g/mol. The smallest absolute Gasteiger partial charge is 0.341 e. The van der Waals surface area contributed by atoms with Crippen molar-refractivity contribution in [3.8, 4) is 0 Å². The molecule has 2 rings (SSSR count). The number of primary sulfonamides is 1. The fraction of sp³-hybridized carbons (Fsp3) is 0.417. The molecule has 0 spiro atoms. The zero-order valence-electron chi connectivity index (χ0n) is 10.3. The van der Waals surface area contributed by atoms with Gasteiger partial charge in [0.05, 0.1) is 10.5 Å². The molecule has 1 aliphatic carbocycles. The maximum absolute atomic E-state index is 13.7. The second-order valence-electron chi connectivity index (χ2n) is 4.60. The summed E-state index contributed by atoms with van der Waals surface area (Å²) in [5, 5.41) is 5.01. The lowest BCUT2D eigenvalue weighted by Gasteiger charge is -2.25. The number of esters is 1. The summed E-state index contributed by atoms with van der Waals surface area (Å²) in [6, 6.07) is 1.90. The second-order valence-corrected chi connectivity index (χ2v) is 6.13. The molecule has 0 aromatic heterocycles. The topological polar surface area (TPSA) is 86.5 Å². The first-order chi connectivity index (χ1) is 8.79. The molecular formula is C12H14FNO4S. The summed E-state index contributed by atoms with van der Waals surface area (Å²) in [5.74, 6) is -1.67. The van der Waals surface area contributed by atoms with Gasteiger partial charge in [-0.3, -0.25) is 0 Å². The van der Waals surface area contributed by atoms with Gasteiger partial charge in [0.1, 0.15) is 11.9 Å². The third kappa shape index (κ3) is 2.93. The van der Waals surface area contributed by atoms with E-state index in [1.54, 1.807) is 0 Å². The van der Waals surface area contributed by atoms with E-state index in [0.29, 0.717) is 0 Å². The Morgan fingerprint density at radius 2 is 2.05 bits per heavy atom. The number of benzene rings is 1. The van der Waals surface area contributed by atoms with Crippen LogP contribution in [0.15, 0.2) is 17.0 Å². The van der Waals surface area contributed by atoms with Crippen LogP contribution in [0.25, 0.3) is 0 Å². The maximum Gasteiger partial charge on any atom is 0.341 e. The minimum atomic E-state index is -4.00. The Kier molecular flexibility index (Phi) is 3.60. The van der Waals surface area contributed by atoms with Gasteiger partial charge in [-0.25, -0.2) is 22.7 Å². The van der Waals surface area contributed by atoms with E-state index < -0.39 is 27.4 Å². The molecule has 7 heteroatoms.